The zero-order valence-electron chi connectivity index (χ0n) is 32.6. The van der Waals surface area contributed by atoms with Crippen molar-refractivity contribution in [2.24, 2.45) is 0 Å². The van der Waals surface area contributed by atoms with Crippen molar-refractivity contribution in [2.45, 2.75) is 28.5 Å². The van der Waals surface area contributed by atoms with Gasteiger partial charge in [-0.05, 0) is 109 Å². The van der Waals surface area contributed by atoms with Gasteiger partial charge >= 0.3 is 17.9 Å². The van der Waals surface area contributed by atoms with Gasteiger partial charge in [0.05, 0.1) is 27.9 Å². The van der Waals surface area contributed by atoms with Crippen LogP contribution in [0.25, 0.3) is 18.2 Å². The van der Waals surface area contributed by atoms with E-state index in [1.165, 1.54) is 66.8 Å². The molecule has 0 aliphatic rings. The first-order chi connectivity index (χ1) is 28.9. The molecule has 61 heavy (non-hydrogen) atoms. The fourth-order valence-corrected chi connectivity index (χ4v) is 7.69. The Kier molecular flexibility index (Phi) is 19.1. The molecule has 320 valence electrons. The lowest BCUT2D eigenvalue weighted by atomic mass is 10.2. The largest absolute Gasteiger partial charge is 0.478 e. The van der Waals surface area contributed by atoms with Crippen LogP contribution in [0.1, 0.15) is 30.5 Å². The molecule has 0 spiro atoms. The summed E-state index contributed by atoms with van der Waals surface area (Å²) >= 11 is 0. The second-order valence-corrected chi connectivity index (χ2v) is 17.9. The molecule has 0 aliphatic carbocycles. The molecule has 0 heterocycles. The molecule has 5 aromatic rings. The van der Waals surface area contributed by atoms with E-state index in [-0.39, 0.29) is 14.7 Å². The number of aliphatic carboxylic acids is 1. The zero-order chi connectivity index (χ0) is 44.9. The maximum Gasteiger partial charge on any atom is 0.330 e. The second-order valence-electron chi connectivity index (χ2n) is 11.9. The van der Waals surface area contributed by atoms with Crippen molar-refractivity contribution in [1.82, 2.24) is 0 Å². The first-order valence-electron chi connectivity index (χ1n) is 17.9. The summed E-state index contributed by atoms with van der Waals surface area (Å²) in [6.07, 6.45) is 7.76. The molecule has 0 bridgehead atoms. The Morgan fingerprint density at radius 3 is 1.21 bits per heavy atom. The summed E-state index contributed by atoms with van der Waals surface area (Å²) in [6, 6.07) is 35.4. The number of rotatable bonds is 15. The van der Waals surface area contributed by atoms with Crippen LogP contribution < -0.4 is 9.44 Å². The van der Waals surface area contributed by atoms with Crippen molar-refractivity contribution >= 4 is 87.3 Å². The third-order valence-corrected chi connectivity index (χ3v) is 11.5. The molecular weight excluding hydrogens is 868 g/mol. The van der Waals surface area contributed by atoms with E-state index in [1.54, 1.807) is 111 Å². The highest BCUT2D eigenvalue weighted by Gasteiger charge is 2.15. The first kappa shape index (κ1) is 48.8. The number of carbonyl (C=O) groups excluding carboxylic acids is 2. The quantitative estimate of drug-likeness (QED) is 0.0520. The van der Waals surface area contributed by atoms with Gasteiger partial charge in [0.15, 0.2) is 0 Å². The third kappa shape index (κ3) is 18.1. The molecule has 0 aromatic heterocycles. The molecule has 18 heteroatoms. The minimum atomic E-state index is -3.75. The summed E-state index contributed by atoms with van der Waals surface area (Å²) in [6.45, 7) is 4.00. The molecule has 0 radical (unpaired) electrons. The SMILES string of the molecule is CCOC(=O)/C=C/c1cccc(S(=O)(=O)Cl)c1.CCOC(=O)/C=C/c1cccc(S(=O)(=O)Nc2ccccc2)c1.O=C(O)/C=C/c1cccc(S(=O)(=O)Nc2ccccc2)c1. The highest BCUT2D eigenvalue weighted by atomic mass is 35.7. The van der Waals surface area contributed by atoms with Gasteiger partial charge in [-0.2, -0.15) is 0 Å². The van der Waals surface area contributed by atoms with Crippen LogP contribution in [0, 0.1) is 0 Å². The lowest BCUT2D eigenvalue weighted by Crippen LogP contribution is -2.12. The number of carboxylic acid groups (broad SMARTS) is 1. The molecule has 3 N–H and O–H groups in total. The van der Waals surface area contributed by atoms with Crippen molar-refractivity contribution < 1.29 is 54.2 Å². The Hall–Kier alpha value is -6.53. The molecule has 0 saturated carbocycles. The van der Waals surface area contributed by atoms with Gasteiger partial charge in [0.1, 0.15) is 0 Å². The van der Waals surface area contributed by atoms with Gasteiger partial charge in [-0.25, -0.2) is 39.6 Å². The van der Waals surface area contributed by atoms with E-state index in [1.807, 2.05) is 0 Å². The third-order valence-electron chi connectivity index (χ3n) is 7.34. The van der Waals surface area contributed by atoms with Crippen LogP contribution in [0.4, 0.5) is 11.4 Å². The van der Waals surface area contributed by atoms with Gasteiger partial charge in [0.25, 0.3) is 29.1 Å². The van der Waals surface area contributed by atoms with E-state index in [4.69, 9.17) is 25.3 Å². The monoisotopic (exact) mass is 908 g/mol. The van der Waals surface area contributed by atoms with Crippen molar-refractivity contribution in [3.63, 3.8) is 0 Å². The highest BCUT2D eigenvalue weighted by molar-refractivity contribution is 8.13. The van der Waals surface area contributed by atoms with Crippen LogP contribution in [0.15, 0.2) is 166 Å². The van der Waals surface area contributed by atoms with Gasteiger partial charge in [0, 0.05) is 40.3 Å². The number of benzene rings is 5. The van der Waals surface area contributed by atoms with Crippen molar-refractivity contribution in [3.8, 4) is 0 Å². The van der Waals surface area contributed by atoms with Crippen LogP contribution in [-0.4, -0.2) is 61.5 Å². The number of para-hydroxylation sites is 2. The van der Waals surface area contributed by atoms with Crippen LogP contribution in [-0.2, 0) is 53.0 Å². The molecule has 0 amide bonds. The molecular formula is C43H41ClN2O12S3. The molecule has 0 atom stereocenters. The number of halogens is 1. The maximum atomic E-state index is 12.4. The van der Waals surface area contributed by atoms with Crippen molar-refractivity contribution in [2.75, 3.05) is 22.7 Å². The molecule has 0 fully saturated rings. The Bertz CT molecular complexity index is 2690. The Labute approximate surface area is 359 Å². The first-order valence-corrected chi connectivity index (χ1v) is 23.2. The Morgan fingerprint density at radius 1 is 0.525 bits per heavy atom. The Balaban J connectivity index is 0.000000247. The predicted molar refractivity (Wildman–Crippen MR) is 235 cm³/mol. The minimum Gasteiger partial charge on any atom is -0.478 e. The van der Waals surface area contributed by atoms with Crippen LogP contribution in [0.5, 0.6) is 0 Å². The molecule has 0 unspecified atom stereocenters. The Morgan fingerprint density at radius 2 is 0.869 bits per heavy atom. The average Bonchev–Trinajstić information content (AvgIpc) is 3.23. The fraction of sp³-hybridized carbons (Fsp3) is 0.0930. The van der Waals surface area contributed by atoms with Gasteiger partial charge in [-0.1, -0.05) is 72.8 Å². The highest BCUT2D eigenvalue weighted by Crippen LogP contribution is 2.20. The topological polar surface area (TPSA) is 216 Å². The summed E-state index contributed by atoms with van der Waals surface area (Å²) in [5.41, 5.74) is 2.59. The van der Waals surface area contributed by atoms with Crippen LogP contribution in [0.2, 0.25) is 0 Å². The molecule has 0 saturated heterocycles. The summed E-state index contributed by atoms with van der Waals surface area (Å²) in [4.78, 5) is 33.0. The fourth-order valence-electron chi connectivity index (χ4n) is 4.66. The summed E-state index contributed by atoms with van der Waals surface area (Å²) < 4.78 is 85.8. The summed E-state index contributed by atoms with van der Waals surface area (Å²) in [7, 11) is -5.94. The van der Waals surface area contributed by atoms with E-state index in [0.29, 0.717) is 41.3 Å². The number of esters is 2. The lowest BCUT2D eigenvalue weighted by Gasteiger charge is -2.08. The maximum absolute atomic E-state index is 12.4. The van der Waals surface area contributed by atoms with Crippen molar-refractivity contribution in [3.05, 3.63) is 168 Å². The standard InChI is InChI=1S/C17H17NO4S.C15H13NO4S.C11H11ClO4S/c1-2-22-17(19)12-11-14-7-6-10-16(13-14)23(20,21)18-15-8-4-3-5-9-15;17-15(18)10-9-12-5-4-8-14(11-12)21(19,20)16-13-6-2-1-3-7-13;1-2-16-11(13)7-6-9-4-3-5-10(8-9)17(12,14)15/h3-13,18H,2H2,1H3;1-11,16H,(H,17,18);3-8H,2H2,1H3/b12-11+;10-9+;7-6+. The molecule has 0 aliphatic heterocycles. The number of nitrogens with one attached hydrogen (secondary N) is 2. The smallest absolute Gasteiger partial charge is 0.330 e. The number of carbonyl (C=O) groups is 3. The normalized spacial score (nSPS) is 11.5. The van der Waals surface area contributed by atoms with Crippen LogP contribution >= 0.6 is 10.7 Å². The lowest BCUT2D eigenvalue weighted by molar-refractivity contribution is -0.138. The molecule has 5 aromatic carbocycles. The summed E-state index contributed by atoms with van der Waals surface area (Å²) in [5, 5.41) is 8.58. The van der Waals surface area contributed by atoms with Gasteiger partial charge in [-0.15, -0.1) is 0 Å². The second kappa shape index (κ2) is 23.9. The number of sulfonamides is 2. The number of ether oxygens (including phenoxy) is 2. The van der Waals surface area contributed by atoms with E-state index < -0.39 is 47.0 Å². The minimum absolute atomic E-state index is 0.00910. The van der Waals surface area contributed by atoms with Gasteiger partial charge in [-0.3, -0.25) is 9.44 Å². The number of anilines is 2. The predicted octanol–water partition coefficient (Wildman–Crippen LogP) is 7.84. The van der Waals surface area contributed by atoms with E-state index in [9.17, 15) is 39.6 Å². The number of hydrogen-bond donors (Lipinski definition) is 3. The number of hydrogen-bond acceptors (Lipinski definition) is 11. The van der Waals surface area contributed by atoms with E-state index in [0.717, 1.165) is 6.08 Å². The van der Waals surface area contributed by atoms with E-state index >= 15 is 0 Å². The van der Waals surface area contributed by atoms with Crippen LogP contribution in [0.3, 0.4) is 0 Å². The van der Waals surface area contributed by atoms with Gasteiger partial charge < -0.3 is 14.6 Å². The zero-order valence-corrected chi connectivity index (χ0v) is 35.8. The summed E-state index contributed by atoms with van der Waals surface area (Å²) in [5.74, 6) is -2.04. The number of carboxylic acids is 1. The average molecular weight is 909 g/mol. The molecule has 14 nitrogen and oxygen atoms in total. The van der Waals surface area contributed by atoms with Crippen molar-refractivity contribution in [1.29, 1.82) is 0 Å². The molecule has 5 rings (SSSR count). The van der Waals surface area contributed by atoms with Gasteiger partial charge in [0.2, 0.25) is 0 Å². The van der Waals surface area contributed by atoms with E-state index in [2.05, 4.69) is 9.44 Å².